The number of hydrogen-bond donors (Lipinski definition) is 2. The Balaban J connectivity index is 3.72. The molecule has 2 N–H and O–H groups in total. The van der Waals surface area contributed by atoms with E-state index in [1.807, 2.05) is 6.92 Å². The summed E-state index contributed by atoms with van der Waals surface area (Å²) in [5.41, 5.74) is 0. The number of allylic oxidation sites excluding steroid dienone is 1. The van der Waals surface area contributed by atoms with E-state index in [9.17, 15) is 0 Å². The first kappa shape index (κ1) is 6.82. The summed E-state index contributed by atoms with van der Waals surface area (Å²) in [7, 11) is 0. The maximum absolute atomic E-state index is 8.21. The molecular weight excluding hydrogens is 160 g/mol. The first-order valence-electron chi connectivity index (χ1n) is 1.95. The fourth-order valence-electron chi connectivity index (χ4n) is 0.158. The Labute approximate surface area is 50.6 Å². The lowest BCUT2D eigenvalue weighted by Crippen LogP contribution is -1.78. The van der Waals surface area contributed by atoms with Crippen molar-refractivity contribution in [3.8, 4) is 0 Å². The van der Waals surface area contributed by atoms with Crippen LogP contribution in [0.3, 0.4) is 0 Å². The average molecular weight is 167 g/mol. The smallest absolute Gasteiger partial charge is 0.284 e. The molecule has 0 heterocycles. The van der Waals surface area contributed by atoms with Crippen molar-refractivity contribution >= 4 is 15.9 Å². The van der Waals surface area contributed by atoms with Crippen LogP contribution in [0.25, 0.3) is 0 Å². The van der Waals surface area contributed by atoms with Crippen LogP contribution in [0.5, 0.6) is 0 Å². The summed E-state index contributed by atoms with van der Waals surface area (Å²) in [6.07, 6.45) is 0.613. The molecule has 0 aliphatic carbocycles. The summed E-state index contributed by atoms with van der Waals surface area (Å²) in [5.74, 6) is -0.623. The second-order valence-electron chi connectivity index (χ2n) is 1.08. The number of aliphatic hydroxyl groups excluding tert-OH is 1. The zero-order chi connectivity index (χ0) is 5.86. The Morgan fingerprint density at radius 2 is 2.00 bits per heavy atom. The number of aliphatic hydroxyl groups is 2. The highest BCUT2D eigenvalue weighted by Crippen LogP contribution is 2.10. The van der Waals surface area contributed by atoms with Crippen molar-refractivity contribution in [3.05, 3.63) is 10.4 Å². The van der Waals surface area contributed by atoms with Gasteiger partial charge in [-0.15, -0.1) is 0 Å². The van der Waals surface area contributed by atoms with E-state index in [0.29, 0.717) is 10.9 Å². The molecule has 0 bridgehead atoms. The Kier molecular flexibility index (Phi) is 2.83. The van der Waals surface area contributed by atoms with Crippen molar-refractivity contribution in [1.29, 1.82) is 0 Å². The predicted molar refractivity (Wildman–Crippen MR) is 31.5 cm³/mol. The molecule has 2 nitrogen and oxygen atoms in total. The predicted octanol–water partition coefficient (Wildman–Crippen LogP) is 2.08. The minimum absolute atomic E-state index is 0.438. The van der Waals surface area contributed by atoms with E-state index < -0.39 is 5.95 Å². The van der Waals surface area contributed by atoms with Crippen LogP contribution < -0.4 is 0 Å². The van der Waals surface area contributed by atoms with Gasteiger partial charge in [-0.1, -0.05) is 6.92 Å². The van der Waals surface area contributed by atoms with Crippen molar-refractivity contribution in [2.24, 2.45) is 0 Å². The van der Waals surface area contributed by atoms with Crippen LogP contribution in [-0.4, -0.2) is 10.2 Å². The molecule has 0 aromatic rings. The van der Waals surface area contributed by atoms with Gasteiger partial charge < -0.3 is 10.2 Å². The summed E-state index contributed by atoms with van der Waals surface area (Å²) >= 11 is 2.92. The molecular formula is C4H7BrO2. The molecule has 0 spiro atoms. The quantitative estimate of drug-likeness (QED) is 0.587. The Bertz CT molecular complexity index is 83.7. The Morgan fingerprint density at radius 1 is 1.57 bits per heavy atom. The van der Waals surface area contributed by atoms with Crippen molar-refractivity contribution in [2.75, 3.05) is 0 Å². The number of hydrogen-bond acceptors (Lipinski definition) is 2. The van der Waals surface area contributed by atoms with Crippen LogP contribution >= 0.6 is 15.9 Å². The van der Waals surface area contributed by atoms with Gasteiger partial charge in [-0.25, -0.2) is 0 Å². The fourth-order valence-corrected chi connectivity index (χ4v) is 0.158. The fraction of sp³-hybridized carbons (Fsp3) is 0.500. The topological polar surface area (TPSA) is 40.5 Å². The summed E-state index contributed by atoms with van der Waals surface area (Å²) in [5, 5.41) is 16.4. The third-order valence-electron chi connectivity index (χ3n) is 0.553. The molecule has 0 saturated carbocycles. The maximum Gasteiger partial charge on any atom is 0.284 e. The molecule has 0 unspecified atom stereocenters. The zero-order valence-electron chi connectivity index (χ0n) is 3.98. The lowest BCUT2D eigenvalue weighted by atomic mass is 10.5. The van der Waals surface area contributed by atoms with Gasteiger partial charge in [0.2, 0.25) is 0 Å². The molecule has 0 radical (unpaired) electrons. The third-order valence-corrected chi connectivity index (χ3v) is 1.47. The zero-order valence-corrected chi connectivity index (χ0v) is 5.57. The van der Waals surface area contributed by atoms with Gasteiger partial charge in [0.1, 0.15) is 0 Å². The first-order valence-corrected chi connectivity index (χ1v) is 2.74. The van der Waals surface area contributed by atoms with Crippen LogP contribution in [0.2, 0.25) is 0 Å². The first-order chi connectivity index (χ1) is 3.18. The Morgan fingerprint density at radius 3 is 2.00 bits per heavy atom. The largest absolute Gasteiger partial charge is 0.481 e. The van der Waals surface area contributed by atoms with E-state index in [1.165, 1.54) is 0 Å². The van der Waals surface area contributed by atoms with E-state index >= 15 is 0 Å². The average Bonchev–Trinajstić information content (AvgIpc) is 1.65. The van der Waals surface area contributed by atoms with Crippen molar-refractivity contribution in [1.82, 2.24) is 0 Å². The van der Waals surface area contributed by atoms with E-state index in [4.69, 9.17) is 10.2 Å². The van der Waals surface area contributed by atoms with Gasteiger partial charge in [0, 0.05) is 0 Å². The van der Waals surface area contributed by atoms with Gasteiger partial charge >= 0.3 is 0 Å². The molecule has 0 aromatic heterocycles. The second-order valence-corrected chi connectivity index (χ2v) is 2.04. The van der Waals surface area contributed by atoms with Gasteiger partial charge in [-0.2, -0.15) is 0 Å². The van der Waals surface area contributed by atoms with Crippen LogP contribution in [-0.2, 0) is 0 Å². The van der Waals surface area contributed by atoms with E-state index in [1.54, 1.807) is 0 Å². The van der Waals surface area contributed by atoms with E-state index in [-0.39, 0.29) is 0 Å². The summed E-state index contributed by atoms with van der Waals surface area (Å²) in [6.45, 7) is 1.82. The molecule has 0 aromatic carbocycles. The molecule has 0 aliphatic heterocycles. The van der Waals surface area contributed by atoms with Crippen molar-refractivity contribution < 1.29 is 10.2 Å². The lowest BCUT2D eigenvalue weighted by Gasteiger charge is -1.89. The van der Waals surface area contributed by atoms with Crippen LogP contribution in [0.4, 0.5) is 0 Å². The van der Waals surface area contributed by atoms with Crippen LogP contribution in [0, 0.1) is 0 Å². The van der Waals surface area contributed by atoms with Crippen molar-refractivity contribution in [2.45, 2.75) is 13.3 Å². The Hall–Kier alpha value is -0.180. The van der Waals surface area contributed by atoms with Gasteiger partial charge in [-0.05, 0) is 22.4 Å². The highest BCUT2D eigenvalue weighted by molar-refractivity contribution is 9.11. The molecule has 7 heavy (non-hydrogen) atoms. The molecule has 0 aliphatic rings. The van der Waals surface area contributed by atoms with Gasteiger partial charge in [0.15, 0.2) is 0 Å². The second kappa shape index (κ2) is 2.91. The monoisotopic (exact) mass is 166 g/mol. The van der Waals surface area contributed by atoms with Crippen LogP contribution in [0.15, 0.2) is 10.4 Å². The minimum atomic E-state index is -0.623. The van der Waals surface area contributed by atoms with E-state index in [2.05, 4.69) is 15.9 Å². The van der Waals surface area contributed by atoms with Crippen molar-refractivity contribution in [3.63, 3.8) is 0 Å². The molecule has 0 rings (SSSR count). The molecule has 0 atom stereocenters. The normalized spacial score (nSPS) is 8.29. The van der Waals surface area contributed by atoms with E-state index in [0.717, 1.165) is 0 Å². The summed E-state index contributed by atoms with van der Waals surface area (Å²) in [6, 6.07) is 0. The van der Waals surface area contributed by atoms with Crippen LogP contribution in [0.1, 0.15) is 13.3 Å². The standard InChI is InChI=1S/C4H7BrO2/c1-2-3(5)4(6)7/h6-7H,2H2,1H3. The lowest BCUT2D eigenvalue weighted by molar-refractivity contribution is 0.188. The summed E-state index contributed by atoms with van der Waals surface area (Å²) < 4.78 is 0.438. The molecule has 0 saturated heterocycles. The highest BCUT2D eigenvalue weighted by atomic mass is 79.9. The SMILES string of the molecule is CCC(Br)=C(O)O. The van der Waals surface area contributed by atoms with Gasteiger partial charge in [0.05, 0.1) is 4.48 Å². The maximum atomic E-state index is 8.21. The van der Waals surface area contributed by atoms with Gasteiger partial charge in [0.25, 0.3) is 5.95 Å². The number of rotatable bonds is 1. The molecule has 0 fully saturated rings. The highest BCUT2D eigenvalue weighted by Gasteiger charge is 1.92. The molecule has 42 valence electrons. The van der Waals surface area contributed by atoms with Gasteiger partial charge in [-0.3, -0.25) is 0 Å². The molecule has 3 heteroatoms. The summed E-state index contributed by atoms with van der Waals surface area (Å²) in [4.78, 5) is 0. The molecule has 0 amide bonds. The third kappa shape index (κ3) is 2.51. The minimum Gasteiger partial charge on any atom is -0.481 e. The number of halogens is 1.